The molecule has 0 aromatic heterocycles. The average Bonchev–Trinajstić information content (AvgIpc) is 2.56. The van der Waals surface area contributed by atoms with Crippen LogP contribution in [0, 0.1) is 0 Å². The number of carbonyl (C=O) groups is 2. The van der Waals surface area contributed by atoms with E-state index >= 15 is 0 Å². The highest BCUT2D eigenvalue weighted by Crippen LogP contribution is 2.19. The summed E-state index contributed by atoms with van der Waals surface area (Å²) in [5.41, 5.74) is 1.39. The first-order valence-electron chi connectivity index (χ1n) is 8.48. The fourth-order valence-electron chi connectivity index (χ4n) is 2.83. The maximum absolute atomic E-state index is 11.7. The molecule has 1 heterocycles. The zero-order valence-corrected chi connectivity index (χ0v) is 14.8. The molecular weight excluding hydrogens is 332 g/mol. The fraction of sp³-hybridized carbons (Fsp3) is 0.750. The normalized spacial score (nSPS) is 20.9. The van der Waals surface area contributed by atoms with E-state index in [1.165, 1.54) is 18.4 Å². The van der Waals surface area contributed by atoms with Crippen molar-refractivity contribution in [1.82, 2.24) is 10.2 Å². The molecule has 2 rings (SSSR count). The van der Waals surface area contributed by atoms with E-state index in [1.807, 2.05) is 0 Å². The zero-order chi connectivity index (χ0) is 17.4. The number of hydrogen-bond donors (Lipinski definition) is 1. The number of nitrogens with one attached hydrogen (secondary N) is 1. The maximum Gasteiger partial charge on any atom is 0.320 e. The third kappa shape index (κ3) is 7.00. The molecule has 8 heteroatoms. The van der Waals surface area contributed by atoms with Crippen molar-refractivity contribution in [3.63, 3.8) is 0 Å². The van der Waals surface area contributed by atoms with E-state index in [-0.39, 0.29) is 30.6 Å². The second kappa shape index (κ2) is 9.17. The summed E-state index contributed by atoms with van der Waals surface area (Å²) in [4.78, 5) is 25.1. The predicted molar refractivity (Wildman–Crippen MR) is 90.2 cm³/mol. The number of amides is 1. The monoisotopic (exact) mass is 358 g/mol. The smallest absolute Gasteiger partial charge is 0.320 e. The van der Waals surface area contributed by atoms with Crippen molar-refractivity contribution in [3.05, 3.63) is 11.6 Å². The Morgan fingerprint density at radius 1 is 1.21 bits per heavy atom. The van der Waals surface area contributed by atoms with Crippen LogP contribution in [0.4, 0.5) is 0 Å². The summed E-state index contributed by atoms with van der Waals surface area (Å²) in [5, 5.41) is 2.75. The highest BCUT2D eigenvalue weighted by molar-refractivity contribution is 7.91. The van der Waals surface area contributed by atoms with E-state index < -0.39 is 15.8 Å². The topological polar surface area (TPSA) is 92.8 Å². The lowest BCUT2D eigenvalue weighted by atomic mass is 9.97. The van der Waals surface area contributed by atoms with Gasteiger partial charge in [-0.1, -0.05) is 11.6 Å². The standard InChI is InChI=1S/C16H26N2O5S/c19-15(17-7-6-14-4-2-1-3-5-14)13-23-16(20)12-18-8-10-24(21,22)11-9-18/h4H,1-3,5-13H2,(H,17,19). The summed E-state index contributed by atoms with van der Waals surface area (Å²) in [7, 11) is -2.96. The quantitative estimate of drug-likeness (QED) is 0.519. The first kappa shape index (κ1) is 18.9. The molecule has 1 aliphatic heterocycles. The Kier molecular flexibility index (Phi) is 7.23. The summed E-state index contributed by atoms with van der Waals surface area (Å²) in [6.07, 6.45) is 7.79. The van der Waals surface area contributed by atoms with E-state index in [0.29, 0.717) is 19.6 Å². The summed E-state index contributed by atoms with van der Waals surface area (Å²) >= 11 is 0. The van der Waals surface area contributed by atoms with Crippen LogP contribution in [-0.2, 0) is 24.2 Å². The molecule has 2 aliphatic rings. The highest BCUT2D eigenvalue weighted by Gasteiger charge is 2.23. The van der Waals surface area contributed by atoms with Gasteiger partial charge in [0.15, 0.2) is 16.4 Å². The molecule has 1 N–H and O–H groups in total. The molecule has 0 aromatic carbocycles. The number of sulfone groups is 1. The zero-order valence-electron chi connectivity index (χ0n) is 14.0. The summed E-state index contributed by atoms with van der Waals surface area (Å²) in [6.45, 7) is 0.962. The summed E-state index contributed by atoms with van der Waals surface area (Å²) in [6, 6.07) is 0. The van der Waals surface area contributed by atoms with E-state index in [1.54, 1.807) is 4.90 Å². The first-order chi connectivity index (χ1) is 11.4. The molecule has 1 amide bonds. The molecule has 7 nitrogen and oxygen atoms in total. The second-order valence-corrected chi connectivity index (χ2v) is 8.60. The Hall–Kier alpha value is -1.41. The van der Waals surface area contributed by atoms with Gasteiger partial charge in [-0.3, -0.25) is 14.5 Å². The summed E-state index contributed by atoms with van der Waals surface area (Å²) < 4.78 is 27.6. The number of allylic oxidation sites excluding steroid dienone is 1. The lowest BCUT2D eigenvalue weighted by Gasteiger charge is -2.25. The minimum atomic E-state index is -2.96. The van der Waals surface area contributed by atoms with E-state index in [9.17, 15) is 18.0 Å². The number of rotatable bonds is 7. The Morgan fingerprint density at radius 2 is 1.96 bits per heavy atom. The van der Waals surface area contributed by atoms with Crippen LogP contribution >= 0.6 is 0 Å². The Bertz CT molecular complexity index is 571. The molecule has 0 atom stereocenters. The third-order valence-electron chi connectivity index (χ3n) is 4.31. The molecule has 0 unspecified atom stereocenters. The lowest BCUT2D eigenvalue weighted by Crippen LogP contribution is -2.43. The van der Waals surface area contributed by atoms with Crippen LogP contribution < -0.4 is 5.32 Å². The third-order valence-corrected chi connectivity index (χ3v) is 5.92. The fourth-order valence-corrected chi connectivity index (χ4v) is 4.10. The van der Waals surface area contributed by atoms with Gasteiger partial charge in [-0.05, 0) is 32.1 Å². The van der Waals surface area contributed by atoms with Crippen LogP contribution in [0.2, 0.25) is 0 Å². The summed E-state index contributed by atoms with van der Waals surface area (Å²) in [5.74, 6) is -0.673. The van der Waals surface area contributed by atoms with Gasteiger partial charge >= 0.3 is 5.97 Å². The van der Waals surface area contributed by atoms with Gasteiger partial charge in [0.05, 0.1) is 18.1 Å². The van der Waals surface area contributed by atoms with Crippen LogP contribution in [-0.4, -0.2) is 69.5 Å². The van der Waals surface area contributed by atoms with E-state index in [4.69, 9.17) is 4.74 Å². The minimum absolute atomic E-state index is 0.0235. The molecule has 0 radical (unpaired) electrons. The Balaban J connectivity index is 1.56. The number of carbonyl (C=O) groups excluding carboxylic acids is 2. The number of esters is 1. The van der Waals surface area contributed by atoms with Gasteiger partial charge in [0.2, 0.25) is 0 Å². The second-order valence-electron chi connectivity index (χ2n) is 6.30. The van der Waals surface area contributed by atoms with Crippen molar-refractivity contribution in [2.45, 2.75) is 32.1 Å². The van der Waals surface area contributed by atoms with Gasteiger partial charge < -0.3 is 10.1 Å². The molecule has 1 saturated heterocycles. The van der Waals surface area contributed by atoms with Crippen molar-refractivity contribution in [1.29, 1.82) is 0 Å². The van der Waals surface area contributed by atoms with Crippen molar-refractivity contribution in [2.24, 2.45) is 0 Å². The van der Waals surface area contributed by atoms with Crippen molar-refractivity contribution in [2.75, 3.05) is 44.3 Å². The molecule has 0 bridgehead atoms. The van der Waals surface area contributed by atoms with E-state index in [2.05, 4.69) is 11.4 Å². The first-order valence-corrected chi connectivity index (χ1v) is 10.3. The van der Waals surface area contributed by atoms with Crippen molar-refractivity contribution in [3.8, 4) is 0 Å². The van der Waals surface area contributed by atoms with Crippen LogP contribution in [0.5, 0.6) is 0 Å². The lowest BCUT2D eigenvalue weighted by molar-refractivity contribution is -0.149. The SMILES string of the molecule is O=C(COC(=O)CN1CCS(=O)(=O)CC1)NCCC1=CCCCC1. The van der Waals surface area contributed by atoms with E-state index in [0.717, 1.165) is 19.3 Å². The molecule has 0 saturated carbocycles. The Morgan fingerprint density at radius 3 is 2.62 bits per heavy atom. The van der Waals surface area contributed by atoms with Gasteiger partial charge in [0.25, 0.3) is 5.91 Å². The van der Waals surface area contributed by atoms with Crippen LogP contribution in [0.15, 0.2) is 11.6 Å². The predicted octanol–water partition coefficient (Wildman–Crippen LogP) is 0.267. The van der Waals surface area contributed by atoms with Crippen LogP contribution in [0.25, 0.3) is 0 Å². The molecule has 0 spiro atoms. The van der Waals surface area contributed by atoms with Crippen molar-refractivity contribution < 1.29 is 22.7 Å². The highest BCUT2D eigenvalue weighted by atomic mass is 32.2. The maximum atomic E-state index is 11.7. The Labute approximate surface area is 143 Å². The van der Waals surface area contributed by atoms with Gasteiger partial charge in [0.1, 0.15) is 0 Å². The van der Waals surface area contributed by atoms with Gasteiger partial charge in [-0.2, -0.15) is 0 Å². The minimum Gasteiger partial charge on any atom is -0.455 e. The number of hydrogen-bond acceptors (Lipinski definition) is 6. The van der Waals surface area contributed by atoms with Crippen LogP contribution in [0.1, 0.15) is 32.1 Å². The van der Waals surface area contributed by atoms with Gasteiger partial charge in [-0.25, -0.2) is 8.42 Å². The van der Waals surface area contributed by atoms with Gasteiger partial charge in [0, 0.05) is 19.6 Å². The molecule has 0 aromatic rings. The number of nitrogens with zero attached hydrogens (tertiary/aromatic N) is 1. The molecule has 1 aliphatic carbocycles. The molecule has 136 valence electrons. The molecule has 1 fully saturated rings. The average molecular weight is 358 g/mol. The number of ether oxygens (including phenoxy) is 1. The van der Waals surface area contributed by atoms with Crippen LogP contribution in [0.3, 0.4) is 0 Å². The largest absolute Gasteiger partial charge is 0.455 e. The molecular formula is C16H26N2O5S. The van der Waals surface area contributed by atoms with Crippen molar-refractivity contribution >= 4 is 21.7 Å². The van der Waals surface area contributed by atoms with Gasteiger partial charge in [-0.15, -0.1) is 0 Å². The molecule has 24 heavy (non-hydrogen) atoms.